The van der Waals surface area contributed by atoms with Crippen molar-refractivity contribution in [3.8, 4) is 22.3 Å². The van der Waals surface area contributed by atoms with Gasteiger partial charge in [0.2, 0.25) is 0 Å². The fourth-order valence-electron chi connectivity index (χ4n) is 7.27. The first-order valence-corrected chi connectivity index (χ1v) is 16.6. The van der Waals surface area contributed by atoms with Crippen LogP contribution in [0.3, 0.4) is 0 Å². The van der Waals surface area contributed by atoms with Gasteiger partial charge in [-0.1, -0.05) is 109 Å². The Balaban J connectivity index is 1.12. The van der Waals surface area contributed by atoms with E-state index in [0.717, 1.165) is 77.6 Å². The van der Waals surface area contributed by atoms with Crippen LogP contribution >= 0.6 is 0 Å². The largest absolute Gasteiger partial charge is 0.456 e. The zero-order valence-electron chi connectivity index (χ0n) is 26.5. The van der Waals surface area contributed by atoms with Crippen LogP contribution in [0.15, 0.2) is 185 Å². The Labute approximate surface area is 282 Å². The molecule has 0 atom stereocenters. The van der Waals surface area contributed by atoms with Crippen molar-refractivity contribution in [1.82, 2.24) is 0 Å². The van der Waals surface area contributed by atoms with Gasteiger partial charge < -0.3 is 13.7 Å². The lowest BCUT2D eigenvalue weighted by Crippen LogP contribution is -2.10. The molecule has 0 aliphatic rings. The van der Waals surface area contributed by atoms with Crippen molar-refractivity contribution in [2.75, 3.05) is 4.90 Å². The molecular formula is C46H29NO2. The molecule has 3 heteroatoms. The Morgan fingerprint density at radius 2 is 0.939 bits per heavy atom. The van der Waals surface area contributed by atoms with E-state index in [-0.39, 0.29) is 0 Å². The molecule has 49 heavy (non-hydrogen) atoms. The van der Waals surface area contributed by atoms with Gasteiger partial charge in [0.1, 0.15) is 22.3 Å². The zero-order chi connectivity index (χ0) is 32.3. The maximum Gasteiger partial charge on any atom is 0.137 e. The molecule has 0 N–H and O–H groups in total. The van der Waals surface area contributed by atoms with E-state index in [2.05, 4.69) is 157 Å². The average molecular weight is 628 g/mol. The molecule has 0 fully saturated rings. The highest BCUT2D eigenvalue weighted by Gasteiger charge is 2.20. The molecule has 0 radical (unpaired) electrons. The van der Waals surface area contributed by atoms with Crippen LogP contribution in [-0.4, -0.2) is 0 Å². The molecule has 10 aromatic rings. The van der Waals surface area contributed by atoms with Crippen LogP contribution in [0, 0.1) is 0 Å². The minimum absolute atomic E-state index is 0.866. The summed E-state index contributed by atoms with van der Waals surface area (Å²) in [6, 6.07) is 62.2. The van der Waals surface area contributed by atoms with Crippen molar-refractivity contribution in [3.05, 3.63) is 176 Å². The SMILES string of the molecule is c1cc(-c2ccc3ccccc3c2)cc(N(c2ccc(-c3ccc4c(c3)oc3ccccc34)cc2)c2cccc3oc4ccccc4c23)c1. The van der Waals surface area contributed by atoms with Gasteiger partial charge in [-0.2, -0.15) is 0 Å². The van der Waals surface area contributed by atoms with E-state index < -0.39 is 0 Å². The lowest BCUT2D eigenvalue weighted by molar-refractivity contribution is 0.668. The molecule has 2 aromatic heterocycles. The second-order valence-electron chi connectivity index (χ2n) is 12.6. The summed E-state index contributed by atoms with van der Waals surface area (Å²) in [5.74, 6) is 0. The molecule has 0 aliphatic heterocycles. The van der Waals surface area contributed by atoms with Gasteiger partial charge in [-0.05, 0) is 99.8 Å². The van der Waals surface area contributed by atoms with Gasteiger partial charge in [0.25, 0.3) is 0 Å². The van der Waals surface area contributed by atoms with E-state index in [1.807, 2.05) is 24.3 Å². The highest BCUT2D eigenvalue weighted by Crippen LogP contribution is 2.44. The molecule has 3 nitrogen and oxygen atoms in total. The molecule has 0 bridgehead atoms. The van der Waals surface area contributed by atoms with Gasteiger partial charge in [0, 0.05) is 27.5 Å². The summed E-state index contributed by atoms with van der Waals surface area (Å²) < 4.78 is 12.6. The van der Waals surface area contributed by atoms with Gasteiger partial charge in [0.05, 0.1) is 11.1 Å². The van der Waals surface area contributed by atoms with E-state index in [9.17, 15) is 0 Å². The second kappa shape index (κ2) is 11.0. The van der Waals surface area contributed by atoms with Crippen molar-refractivity contribution in [3.63, 3.8) is 0 Å². The summed E-state index contributed by atoms with van der Waals surface area (Å²) in [4.78, 5) is 2.35. The van der Waals surface area contributed by atoms with Crippen LogP contribution in [0.4, 0.5) is 17.1 Å². The maximum absolute atomic E-state index is 6.35. The predicted octanol–water partition coefficient (Wildman–Crippen LogP) is 13.4. The first-order chi connectivity index (χ1) is 24.3. The molecule has 10 rings (SSSR count). The van der Waals surface area contributed by atoms with E-state index in [1.54, 1.807) is 0 Å². The summed E-state index contributed by atoms with van der Waals surface area (Å²) in [6.07, 6.45) is 0. The summed E-state index contributed by atoms with van der Waals surface area (Å²) in [7, 11) is 0. The van der Waals surface area contributed by atoms with E-state index >= 15 is 0 Å². The lowest BCUT2D eigenvalue weighted by atomic mass is 10.00. The number of para-hydroxylation sites is 2. The fourth-order valence-corrected chi connectivity index (χ4v) is 7.27. The van der Waals surface area contributed by atoms with E-state index in [0.29, 0.717) is 0 Å². The fraction of sp³-hybridized carbons (Fsp3) is 0. The minimum Gasteiger partial charge on any atom is -0.456 e. The second-order valence-corrected chi connectivity index (χ2v) is 12.6. The Kier molecular flexibility index (Phi) is 6.18. The molecular weight excluding hydrogens is 599 g/mol. The molecule has 230 valence electrons. The normalized spacial score (nSPS) is 11.7. The van der Waals surface area contributed by atoms with Crippen molar-refractivity contribution in [2.24, 2.45) is 0 Å². The highest BCUT2D eigenvalue weighted by molar-refractivity contribution is 6.13. The Bertz CT molecular complexity index is 2840. The van der Waals surface area contributed by atoms with E-state index in [1.165, 1.54) is 16.3 Å². The zero-order valence-corrected chi connectivity index (χ0v) is 26.5. The van der Waals surface area contributed by atoms with Crippen LogP contribution < -0.4 is 4.90 Å². The molecule has 0 saturated carbocycles. The Morgan fingerprint density at radius 3 is 1.82 bits per heavy atom. The van der Waals surface area contributed by atoms with Crippen molar-refractivity contribution < 1.29 is 8.83 Å². The van der Waals surface area contributed by atoms with Crippen LogP contribution in [0.2, 0.25) is 0 Å². The van der Waals surface area contributed by atoms with Crippen molar-refractivity contribution in [1.29, 1.82) is 0 Å². The third kappa shape index (κ3) is 4.59. The highest BCUT2D eigenvalue weighted by atomic mass is 16.3. The number of furan rings is 2. The minimum atomic E-state index is 0.866. The Hall–Kier alpha value is -6.58. The Morgan fingerprint density at radius 1 is 0.327 bits per heavy atom. The number of anilines is 3. The summed E-state index contributed by atoms with van der Waals surface area (Å²) in [5.41, 5.74) is 11.3. The van der Waals surface area contributed by atoms with Gasteiger partial charge >= 0.3 is 0 Å². The number of hydrogen-bond acceptors (Lipinski definition) is 3. The maximum atomic E-state index is 6.35. The molecule has 8 aromatic carbocycles. The smallest absolute Gasteiger partial charge is 0.137 e. The number of benzene rings is 8. The number of rotatable bonds is 5. The topological polar surface area (TPSA) is 29.5 Å². The molecule has 0 unspecified atom stereocenters. The summed E-state index contributed by atoms with van der Waals surface area (Å²) in [6.45, 7) is 0. The van der Waals surface area contributed by atoms with Crippen LogP contribution in [0.1, 0.15) is 0 Å². The van der Waals surface area contributed by atoms with Gasteiger partial charge in [-0.25, -0.2) is 0 Å². The third-order valence-corrected chi connectivity index (χ3v) is 9.65. The van der Waals surface area contributed by atoms with E-state index in [4.69, 9.17) is 8.83 Å². The molecule has 0 spiro atoms. The molecule has 0 aliphatic carbocycles. The van der Waals surface area contributed by atoms with Crippen molar-refractivity contribution >= 4 is 71.7 Å². The summed E-state index contributed by atoms with van der Waals surface area (Å²) >= 11 is 0. The molecule has 0 amide bonds. The van der Waals surface area contributed by atoms with Crippen LogP contribution in [0.5, 0.6) is 0 Å². The number of nitrogens with zero attached hydrogens (tertiary/aromatic N) is 1. The van der Waals surface area contributed by atoms with Crippen LogP contribution in [-0.2, 0) is 0 Å². The van der Waals surface area contributed by atoms with Crippen molar-refractivity contribution in [2.45, 2.75) is 0 Å². The van der Waals surface area contributed by atoms with Gasteiger partial charge in [-0.15, -0.1) is 0 Å². The quantitative estimate of drug-likeness (QED) is 0.190. The first-order valence-electron chi connectivity index (χ1n) is 16.6. The predicted molar refractivity (Wildman–Crippen MR) is 204 cm³/mol. The average Bonchev–Trinajstić information content (AvgIpc) is 3.74. The lowest BCUT2D eigenvalue weighted by Gasteiger charge is -2.27. The standard InChI is InChI=1S/C46H29NO2/c1-2-10-32-27-34(20-19-30(32)9-1)33-11-7-12-37(28-33)47(41-15-8-18-44-46(41)40-14-4-6-17-43(40)48-44)36-24-21-31(22-25-36)35-23-26-39-38-13-3-5-16-42(38)49-45(39)29-35/h1-29H. The summed E-state index contributed by atoms with van der Waals surface area (Å²) in [5, 5.41) is 6.93. The first kappa shape index (κ1) is 27.5. The number of hydrogen-bond donors (Lipinski definition) is 0. The monoisotopic (exact) mass is 627 g/mol. The van der Waals surface area contributed by atoms with Gasteiger partial charge in [0.15, 0.2) is 0 Å². The third-order valence-electron chi connectivity index (χ3n) is 9.65. The van der Waals surface area contributed by atoms with Crippen LogP contribution in [0.25, 0.3) is 76.9 Å². The molecule has 2 heterocycles. The molecule has 0 saturated heterocycles. The number of fused-ring (bicyclic) bond motifs is 7. The van der Waals surface area contributed by atoms with Gasteiger partial charge in [-0.3, -0.25) is 0 Å².